The Morgan fingerprint density at radius 1 is 1.35 bits per heavy atom. The number of carbonyl (C=O) groups excluding carboxylic acids is 1. The third kappa shape index (κ3) is 5.22. The second-order valence-electron chi connectivity index (χ2n) is 6.51. The van der Waals surface area contributed by atoms with Crippen LogP contribution in [0.4, 0.5) is 0 Å². The third-order valence-electron chi connectivity index (χ3n) is 4.52. The maximum Gasteiger partial charge on any atom is 0.223 e. The lowest BCUT2D eigenvalue weighted by Crippen LogP contribution is -2.34. The van der Waals surface area contributed by atoms with Gasteiger partial charge in [-0.3, -0.25) is 4.79 Å². The number of nitrogens with two attached hydrogens (primary N) is 1. The van der Waals surface area contributed by atoms with E-state index in [0.717, 1.165) is 37.1 Å². The lowest BCUT2D eigenvalue weighted by Gasteiger charge is -2.18. The molecule has 5 nitrogen and oxygen atoms in total. The van der Waals surface area contributed by atoms with E-state index in [0.29, 0.717) is 25.6 Å². The van der Waals surface area contributed by atoms with Crippen LogP contribution in [0.25, 0.3) is 0 Å². The van der Waals surface area contributed by atoms with Crippen molar-refractivity contribution in [3.8, 4) is 5.75 Å². The van der Waals surface area contributed by atoms with Gasteiger partial charge >= 0.3 is 0 Å². The standard InChI is InChI=1S/C18H29N3O2/c1-21(2)10-11-23-17-9-4-3-6-15(17)13-20-18(22)16-8-5-7-14(16)12-19/h3-4,6,9,14,16H,5,7-8,10-13,19H2,1-2H3,(H,20,22)/t14-,16-/m1/s1. The molecule has 1 saturated carbocycles. The normalized spacial score (nSPS) is 20.7. The molecule has 1 aliphatic carbocycles. The van der Waals surface area contributed by atoms with E-state index in [-0.39, 0.29) is 11.8 Å². The summed E-state index contributed by atoms with van der Waals surface area (Å²) in [7, 11) is 4.04. The van der Waals surface area contributed by atoms with Crippen molar-refractivity contribution in [1.82, 2.24) is 10.2 Å². The molecule has 1 amide bonds. The number of nitrogens with one attached hydrogen (secondary N) is 1. The number of hydrogen-bond donors (Lipinski definition) is 2. The Morgan fingerprint density at radius 3 is 2.87 bits per heavy atom. The summed E-state index contributed by atoms with van der Waals surface area (Å²) in [5.74, 6) is 1.38. The van der Waals surface area contributed by atoms with E-state index in [9.17, 15) is 4.79 Å². The number of likely N-dealkylation sites (N-methyl/N-ethyl adjacent to an activating group) is 1. The Hall–Kier alpha value is -1.59. The highest BCUT2D eigenvalue weighted by Gasteiger charge is 2.31. The molecule has 23 heavy (non-hydrogen) atoms. The predicted molar refractivity (Wildman–Crippen MR) is 92.2 cm³/mol. The first-order chi connectivity index (χ1) is 11.1. The van der Waals surface area contributed by atoms with Gasteiger partial charge in [-0.25, -0.2) is 0 Å². The van der Waals surface area contributed by atoms with Crippen molar-refractivity contribution in [3.05, 3.63) is 29.8 Å². The Kier molecular flexibility index (Phi) is 6.86. The zero-order chi connectivity index (χ0) is 16.7. The fourth-order valence-electron chi connectivity index (χ4n) is 3.11. The molecule has 1 aromatic carbocycles. The summed E-state index contributed by atoms with van der Waals surface area (Å²) in [4.78, 5) is 14.5. The monoisotopic (exact) mass is 319 g/mol. The van der Waals surface area contributed by atoms with Crippen LogP contribution in [0.2, 0.25) is 0 Å². The number of rotatable bonds is 8. The predicted octanol–water partition coefficient (Wildman–Crippen LogP) is 1.62. The maximum absolute atomic E-state index is 12.4. The highest BCUT2D eigenvalue weighted by Crippen LogP contribution is 2.31. The molecular weight excluding hydrogens is 290 g/mol. The first-order valence-corrected chi connectivity index (χ1v) is 8.45. The molecule has 0 radical (unpaired) electrons. The van der Waals surface area contributed by atoms with E-state index in [1.54, 1.807) is 0 Å². The van der Waals surface area contributed by atoms with Crippen LogP contribution in [0.1, 0.15) is 24.8 Å². The average Bonchev–Trinajstić information content (AvgIpc) is 3.02. The molecule has 0 heterocycles. The second-order valence-corrected chi connectivity index (χ2v) is 6.51. The molecule has 0 bridgehead atoms. The number of ether oxygens (including phenoxy) is 1. The molecule has 0 aromatic heterocycles. The number of hydrogen-bond acceptors (Lipinski definition) is 4. The van der Waals surface area contributed by atoms with Gasteiger partial charge in [-0.1, -0.05) is 24.6 Å². The van der Waals surface area contributed by atoms with Crippen LogP contribution in [-0.4, -0.2) is 44.6 Å². The van der Waals surface area contributed by atoms with Crippen LogP contribution < -0.4 is 15.8 Å². The van der Waals surface area contributed by atoms with Gasteiger partial charge in [0.2, 0.25) is 5.91 Å². The molecule has 1 aromatic rings. The van der Waals surface area contributed by atoms with E-state index >= 15 is 0 Å². The number of carbonyl (C=O) groups is 1. The second kappa shape index (κ2) is 8.89. The van der Waals surface area contributed by atoms with Crippen LogP contribution in [0.15, 0.2) is 24.3 Å². The molecule has 0 unspecified atom stereocenters. The van der Waals surface area contributed by atoms with Crippen LogP contribution in [0.5, 0.6) is 5.75 Å². The highest BCUT2D eigenvalue weighted by molar-refractivity contribution is 5.79. The van der Waals surface area contributed by atoms with Gasteiger partial charge in [-0.05, 0) is 45.5 Å². The van der Waals surface area contributed by atoms with Crippen molar-refractivity contribution >= 4 is 5.91 Å². The first-order valence-electron chi connectivity index (χ1n) is 8.45. The van der Waals surface area contributed by atoms with Crippen molar-refractivity contribution in [2.24, 2.45) is 17.6 Å². The zero-order valence-corrected chi connectivity index (χ0v) is 14.3. The van der Waals surface area contributed by atoms with Gasteiger partial charge in [-0.15, -0.1) is 0 Å². The summed E-state index contributed by atoms with van der Waals surface area (Å²) in [5, 5.41) is 3.06. The molecule has 0 aliphatic heterocycles. The summed E-state index contributed by atoms with van der Waals surface area (Å²) in [6.07, 6.45) is 3.12. The lowest BCUT2D eigenvalue weighted by molar-refractivity contribution is -0.126. The minimum atomic E-state index is 0.0711. The van der Waals surface area contributed by atoms with Crippen molar-refractivity contribution in [2.45, 2.75) is 25.8 Å². The fourth-order valence-corrected chi connectivity index (χ4v) is 3.11. The topological polar surface area (TPSA) is 67.6 Å². The van der Waals surface area contributed by atoms with Gasteiger partial charge in [0.15, 0.2) is 0 Å². The van der Waals surface area contributed by atoms with E-state index in [2.05, 4.69) is 10.2 Å². The first kappa shape index (κ1) is 17.8. The molecule has 1 aliphatic rings. The number of benzene rings is 1. The van der Waals surface area contributed by atoms with E-state index in [1.807, 2.05) is 38.4 Å². The SMILES string of the molecule is CN(C)CCOc1ccccc1CNC(=O)[C@@H]1CCC[C@@H]1CN. The van der Waals surface area contributed by atoms with Gasteiger partial charge in [0.25, 0.3) is 0 Å². The number of para-hydroxylation sites is 1. The molecule has 5 heteroatoms. The molecule has 2 rings (SSSR count). The summed E-state index contributed by atoms with van der Waals surface area (Å²) < 4.78 is 5.84. The van der Waals surface area contributed by atoms with Crippen molar-refractivity contribution in [3.63, 3.8) is 0 Å². The number of amides is 1. The Bertz CT molecular complexity index is 505. The quantitative estimate of drug-likeness (QED) is 0.764. The summed E-state index contributed by atoms with van der Waals surface area (Å²) in [6.45, 7) is 2.60. The molecule has 3 N–H and O–H groups in total. The van der Waals surface area contributed by atoms with Crippen LogP contribution in [-0.2, 0) is 11.3 Å². The van der Waals surface area contributed by atoms with Gasteiger partial charge in [0, 0.05) is 24.6 Å². The van der Waals surface area contributed by atoms with Crippen molar-refractivity contribution < 1.29 is 9.53 Å². The van der Waals surface area contributed by atoms with Crippen LogP contribution in [0.3, 0.4) is 0 Å². The van der Waals surface area contributed by atoms with Gasteiger partial charge in [-0.2, -0.15) is 0 Å². The number of nitrogens with zero attached hydrogens (tertiary/aromatic N) is 1. The van der Waals surface area contributed by atoms with Gasteiger partial charge < -0.3 is 20.7 Å². The smallest absolute Gasteiger partial charge is 0.223 e. The zero-order valence-electron chi connectivity index (χ0n) is 14.3. The summed E-state index contributed by atoms with van der Waals surface area (Å²) >= 11 is 0. The minimum Gasteiger partial charge on any atom is -0.492 e. The van der Waals surface area contributed by atoms with Crippen molar-refractivity contribution in [1.29, 1.82) is 0 Å². The van der Waals surface area contributed by atoms with E-state index < -0.39 is 0 Å². The molecule has 1 fully saturated rings. The minimum absolute atomic E-state index is 0.0711. The fraction of sp³-hybridized carbons (Fsp3) is 0.611. The molecule has 128 valence electrons. The van der Waals surface area contributed by atoms with Crippen molar-refractivity contribution in [2.75, 3.05) is 33.8 Å². The van der Waals surface area contributed by atoms with Crippen LogP contribution in [0, 0.1) is 11.8 Å². The summed E-state index contributed by atoms with van der Waals surface area (Å²) in [5.41, 5.74) is 6.78. The van der Waals surface area contributed by atoms with E-state index in [4.69, 9.17) is 10.5 Å². The maximum atomic E-state index is 12.4. The third-order valence-corrected chi connectivity index (χ3v) is 4.52. The Balaban J connectivity index is 1.88. The van der Waals surface area contributed by atoms with Crippen LogP contribution >= 0.6 is 0 Å². The molecule has 0 spiro atoms. The van der Waals surface area contributed by atoms with Gasteiger partial charge in [0.1, 0.15) is 12.4 Å². The summed E-state index contributed by atoms with van der Waals surface area (Å²) in [6, 6.07) is 7.88. The Morgan fingerprint density at radius 2 is 2.13 bits per heavy atom. The lowest BCUT2D eigenvalue weighted by atomic mass is 9.95. The van der Waals surface area contributed by atoms with E-state index in [1.165, 1.54) is 0 Å². The molecule has 2 atom stereocenters. The largest absolute Gasteiger partial charge is 0.492 e. The average molecular weight is 319 g/mol. The molecular formula is C18H29N3O2. The molecule has 0 saturated heterocycles. The highest BCUT2D eigenvalue weighted by atomic mass is 16.5. The van der Waals surface area contributed by atoms with Gasteiger partial charge in [0.05, 0.1) is 0 Å². The Labute approximate surface area is 139 Å².